The summed E-state index contributed by atoms with van der Waals surface area (Å²) < 4.78 is 0. The third kappa shape index (κ3) is 4.79. The van der Waals surface area contributed by atoms with Crippen LogP contribution >= 0.6 is 11.6 Å². The van der Waals surface area contributed by atoms with Gasteiger partial charge in [-0.2, -0.15) is 0 Å². The monoisotopic (exact) mass is 295 g/mol. The zero-order chi connectivity index (χ0) is 15.5. The molecule has 1 rings (SSSR count). The van der Waals surface area contributed by atoms with Crippen molar-refractivity contribution in [3.05, 3.63) is 33.8 Å². The molecule has 114 valence electrons. The molecule has 1 nitrogen and oxygen atoms in total. The van der Waals surface area contributed by atoms with Gasteiger partial charge in [0.1, 0.15) is 0 Å². The quantitative estimate of drug-likeness (QED) is 0.770. The average Bonchev–Trinajstić information content (AvgIpc) is 2.28. The van der Waals surface area contributed by atoms with E-state index >= 15 is 0 Å². The Morgan fingerprint density at radius 1 is 1.15 bits per heavy atom. The van der Waals surface area contributed by atoms with Crippen molar-refractivity contribution in [1.82, 2.24) is 0 Å². The average molecular weight is 296 g/mol. The first-order valence-corrected chi connectivity index (χ1v) is 8.09. The third-order valence-corrected chi connectivity index (χ3v) is 4.14. The molecule has 0 heterocycles. The zero-order valence-electron chi connectivity index (χ0n) is 13.9. The molecule has 1 atom stereocenters. The zero-order valence-corrected chi connectivity index (χ0v) is 14.6. The van der Waals surface area contributed by atoms with Gasteiger partial charge in [0.05, 0.1) is 0 Å². The van der Waals surface area contributed by atoms with E-state index in [0.29, 0.717) is 5.92 Å². The van der Waals surface area contributed by atoms with Crippen molar-refractivity contribution in [3.8, 4) is 0 Å². The molecule has 0 saturated heterocycles. The SMILES string of the molecule is CC(C)c1cc(CCC[C@H](C)N)cc(C(C)(C)C)c1Cl. The summed E-state index contributed by atoms with van der Waals surface area (Å²) in [5.74, 6) is 0.456. The molecular formula is C18H30ClN. The molecule has 0 fully saturated rings. The van der Waals surface area contributed by atoms with Crippen LogP contribution < -0.4 is 5.73 Å². The predicted molar refractivity (Wildman–Crippen MR) is 90.8 cm³/mol. The second-order valence-electron chi connectivity index (χ2n) is 7.32. The molecule has 1 aromatic carbocycles. The summed E-state index contributed by atoms with van der Waals surface area (Å²) in [6, 6.07) is 4.85. The summed E-state index contributed by atoms with van der Waals surface area (Å²) >= 11 is 6.62. The molecule has 0 aromatic heterocycles. The fourth-order valence-corrected chi connectivity index (χ4v) is 3.06. The van der Waals surface area contributed by atoms with Gasteiger partial charge in [0.15, 0.2) is 0 Å². The van der Waals surface area contributed by atoms with Crippen LogP contribution in [0.4, 0.5) is 0 Å². The van der Waals surface area contributed by atoms with E-state index in [1.807, 2.05) is 0 Å². The largest absolute Gasteiger partial charge is 0.328 e. The van der Waals surface area contributed by atoms with Gasteiger partial charge in [-0.3, -0.25) is 0 Å². The topological polar surface area (TPSA) is 26.0 Å². The molecule has 0 spiro atoms. The van der Waals surface area contributed by atoms with Crippen LogP contribution in [0.1, 0.15) is 77.0 Å². The first-order valence-electron chi connectivity index (χ1n) is 7.71. The highest BCUT2D eigenvalue weighted by atomic mass is 35.5. The molecule has 0 saturated carbocycles. The third-order valence-electron chi connectivity index (χ3n) is 3.72. The van der Waals surface area contributed by atoms with Crippen molar-refractivity contribution in [2.45, 2.75) is 78.2 Å². The lowest BCUT2D eigenvalue weighted by Gasteiger charge is -2.25. The number of aryl methyl sites for hydroxylation is 1. The lowest BCUT2D eigenvalue weighted by Crippen LogP contribution is -2.15. The van der Waals surface area contributed by atoms with Crippen molar-refractivity contribution >= 4 is 11.6 Å². The summed E-state index contributed by atoms with van der Waals surface area (Å²) in [4.78, 5) is 0. The summed E-state index contributed by atoms with van der Waals surface area (Å²) in [6.45, 7) is 13.2. The molecule has 0 radical (unpaired) electrons. The van der Waals surface area contributed by atoms with Gasteiger partial charge in [-0.15, -0.1) is 0 Å². The smallest absolute Gasteiger partial charge is 0.0478 e. The Morgan fingerprint density at radius 2 is 1.75 bits per heavy atom. The Kier molecular flexibility index (Phi) is 6.09. The highest BCUT2D eigenvalue weighted by Crippen LogP contribution is 2.36. The van der Waals surface area contributed by atoms with Gasteiger partial charge >= 0.3 is 0 Å². The molecular weight excluding hydrogens is 266 g/mol. The summed E-state index contributed by atoms with van der Waals surface area (Å²) in [5, 5.41) is 0.948. The Bertz CT molecular complexity index is 441. The van der Waals surface area contributed by atoms with E-state index in [1.165, 1.54) is 16.7 Å². The highest BCUT2D eigenvalue weighted by Gasteiger charge is 2.21. The number of hydrogen-bond donors (Lipinski definition) is 1. The van der Waals surface area contributed by atoms with Crippen molar-refractivity contribution < 1.29 is 0 Å². The molecule has 0 bridgehead atoms. The molecule has 0 aliphatic rings. The van der Waals surface area contributed by atoms with E-state index < -0.39 is 0 Å². The summed E-state index contributed by atoms with van der Waals surface area (Å²) in [5.41, 5.74) is 9.85. The second-order valence-corrected chi connectivity index (χ2v) is 7.70. The molecule has 0 amide bonds. The number of nitrogens with two attached hydrogens (primary N) is 1. The fourth-order valence-electron chi connectivity index (χ4n) is 2.45. The number of halogens is 1. The summed E-state index contributed by atoms with van der Waals surface area (Å²) in [7, 11) is 0. The number of benzene rings is 1. The Morgan fingerprint density at radius 3 is 2.20 bits per heavy atom. The Labute approximate surface area is 129 Å². The standard InChI is InChI=1S/C18H30ClN/c1-12(2)15-10-14(9-7-8-13(3)20)11-16(17(15)19)18(4,5)6/h10-13H,7-9,20H2,1-6H3/t13-/m0/s1. The van der Waals surface area contributed by atoms with Crippen LogP contribution in [-0.2, 0) is 11.8 Å². The highest BCUT2D eigenvalue weighted by molar-refractivity contribution is 6.32. The fraction of sp³-hybridized carbons (Fsp3) is 0.667. The van der Waals surface area contributed by atoms with Crippen molar-refractivity contribution in [1.29, 1.82) is 0 Å². The lowest BCUT2D eigenvalue weighted by molar-refractivity contribution is 0.585. The molecule has 2 N–H and O–H groups in total. The van der Waals surface area contributed by atoms with Crippen molar-refractivity contribution in [3.63, 3.8) is 0 Å². The first kappa shape index (κ1) is 17.5. The lowest BCUT2D eigenvalue weighted by atomic mass is 9.83. The van der Waals surface area contributed by atoms with Crippen molar-refractivity contribution in [2.75, 3.05) is 0 Å². The van der Waals surface area contributed by atoms with Gasteiger partial charge in [-0.25, -0.2) is 0 Å². The van der Waals surface area contributed by atoms with Crippen LogP contribution in [0.3, 0.4) is 0 Å². The van der Waals surface area contributed by atoms with Gasteiger partial charge in [-0.05, 0) is 54.2 Å². The minimum Gasteiger partial charge on any atom is -0.328 e. The maximum absolute atomic E-state index is 6.62. The molecule has 0 unspecified atom stereocenters. The molecule has 2 heteroatoms. The van der Waals surface area contributed by atoms with E-state index in [1.54, 1.807) is 0 Å². The minimum absolute atomic E-state index is 0.0812. The van der Waals surface area contributed by atoms with E-state index in [2.05, 4.69) is 53.7 Å². The van der Waals surface area contributed by atoms with E-state index in [9.17, 15) is 0 Å². The first-order chi connectivity index (χ1) is 9.12. The molecule has 0 aliphatic carbocycles. The van der Waals surface area contributed by atoms with Gasteiger partial charge in [0.2, 0.25) is 0 Å². The van der Waals surface area contributed by atoms with Gasteiger partial charge in [0, 0.05) is 11.1 Å². The van der Waals surface area contributed by atoms with Gasteiger partial charge in [-0.1, -0.05) is 58.4 Å². The van der Waals surface area contributed by atoms with E-state index in [4.69, 9.17) is 17.3 Å². The maximum Gasteiger partial charge on any atom is 0.0478 e. The predicted octanol–water partition coefficient (Wildman–Crippen LogP) is 5.43. The minimum atomic E-state index is 0.0812. The van der Waals surface area contributed by atoms with Crippen LogP contribution in [0, 0.1) is 0 Å². The van der Waals surface area contributed by atoms with Crippen LogP contribution in [0.15, 0.2) is 12.1 Å². The number of rotatable bonds is 5. The molecule has 20 heavy (non-hydrogen) atoms. The molecule has 1 aromatic rings. The van der Waals surface area contributed by atoms with E-state index in [-0.39, 0.29) is 11.5 Å². The van der Waals surface area contributed by atoms with Gasteiger partial charge in [0.25, 0.3) is 0 Å². The normalized spacial score (nSPS) is 13.8. The molecule has 0 aliphatic heterocycles. The van der Waals surface area contributed by atoms with Crippen LogP contribution in [0.25, 0.3) is 0 Å². The Hall–Kier alpha value is -0.530. The van der Waals surface area contributed by atoms with Gasteiger partial charge < -0.3 is 5.73 Å². The van der Waals surface area contributed by atoms with Crippen molar-refractivity contribution in [2.24, 2.45) is 5.73 Å². The van der Waals surface area contributed by atoms with E-state index in [0.717, 1.165) is 24.3 Å². The Balaban J connectivity index is 3.10. The maximum atomic E-state index is 6.62. The van der Waals surface area contributed by atoms with Crippen LogP contribution in [0.2, 0.25) is 5.02 Å². The van der Waals surface area contributed by atoms with Crippen LogP contribution in [-0.4, -0.2) is 6.04 Å². The van der Waals surface area contributed by atoms with Crippen LogP contribution in [0.5, 0.6) is 0 Å². The number of hydrogen-bond acceptors (Lipinski definition) is 1. The second kappa shape index (κ2) is 6.95. The summed E-state index contributed by atoms with van der Waals surface area (Å²) in [6.07, 6.45) is 3.30.